The van der Waals surface area contributed by atoms with Crippen LogP contribution in [0.3, 0.4) is 0 Å². The SMILES string of the molecule is CC(C)c1ccc([C@@H]2C(=O)C=C[C@H]2Nc2ccccc2)cc1. The second-order valence-electron chi connectivity index (χ2n) is 6.10. The number of anilines is 1. The first kappa shape index (κ1) is 14.6. The molecule has 2 atom stereocenters. The first-order chi connectivity index (χ1) is 10.6. The third-order valence-electron chi connectivity index (χ3n) is 4.20. The fourth-order valence-corrected chi connectivity index (χ4v) is 2.91. The normalized spacial score (nSPS) is 20.6. The van der Waals surface area contributed by atoms with Gasteiger partial charge < -0.3 is 5.32 Å². The van der Waals surface area contributed by atoms with Gasteiger partial charge in [-0.1, -0.05) is 62.4 Å². The molecule has 2 aromatic carbocycles. The minimum absolute atomic E-state index is 0.0137. The van der Waals surface area contributed by atoms with Crippen LogP contribution in [0, 0.1) is 0 Å². The van der Waals surface area contributed by atoms with Crippen LogP contribution in [0.4, 0.5) is 5.69 Å². The summed E-state index contributed by atoms with van der Waals surface area (Å²) < 4.78 is 0. The molecule has 0 bridgehead atoms. The van der Waals surface area contributed by atoms with Gasteiger partial charge in [-0.25, -0.2) is 0 Å². The molecule has 0 amide bonds. The van der Waals surface area contributed by atoms with E-state index in [0.29, 0.717) is 5.92 Å². The van der Waals surface area contributed by atoms with Crippen LogP contribution in [0.15, 0.2) is 66.7 Å². The number of allylic oxidation sites excluding steroid dienone is 1. The molecule has 0 unspecified atom stereocenters. The second-order valence-corrected chi connectivity index (χ2v) is 6.10. The molecule has 0 aromatic heterocycles. The lowest BCUT2D eigenvalue weighted by molar-refractivity contribution is -0.115. The predicted molar refractivity (Wildman–Crippen MR) is 91.3 cm³/mol. The van der Waals surface area contributed by atoms with Crippen molar-refractivity contribution in [2.24, 2.45) is 0 Å². The van der Waals surface area contributed by atoms with E-state index >= 15 is 0 Å². The minimum atomic E-state index is -0.138. The van der Waals surface area contributed by atoms with Crippen LogP contribution in [-0.4, -0.2) is 11.8 Å². The Morgan fingerprint density at radius 1 is 0.955 bits per heavy atom. The molecule has 0 heterocycles. The third kappa shape index (κ3) is 2.96. The number of hydrogen-bond donors (Lipinski definition) is 1. The van der Waals surface area contributed by atoms with Crippen molar-refractivity contribution in [3.05, 3.63) is 77.9 Å². The highest BCUT2D eigenvalue weighted by atomic mass is 16.1. The number of ketones is 1. The Bertz CT molecular complexity index is 671. The Hall–Kier alpha value is -2.35. The average Bonchev–Trinajstić information content (AvgIpc) is 2.89. The average molecular weight is 291 g/mol. The van der Waals surface area contributed by atoms with Gasteiger partial charge in [-0.15, -0.1) is 0 Å². The fourth-order valence-electron chi connectivity index (χ4n) is 2.91. The minimum Gasteiger partial charge on any atom is -0.378 e. The molecule has 22 heavy (non-hydrogen) atoms. The number of hydrogen-bond acceptors (Lipinski definition) is 2. The summed E-state index contributed by atoms with van der Waals surface area (Å²) in [5.74, 6) is 0.539. The molecule has 2 nitrogen and oxygen atoms in total. The van der Waals surface area contributed by atoms with Gasteiger partial charge in [0.1, 0.15) is 0 Å². The Labute approximate surface area is 131 Å². The zero-order valence-electron chi connectivity index (χ0n) is 13.0. The zero-order valence-corrected chi connectivity index (χ0v) is 13.0. The maximum absolute atomic E-state index is 12.3. The van der Waals surface area contributed by atoms with E-state index in [2.05, 4.69) is 43.4 Å². The van der Waals surface area contributed by atoms with E-state index < -0.39 is 0 Å². The van der Waals surface area contributed by atoms with Crippen LogP contribution in [0.2, 0.25) is 0 Å². The summed E-state index contributed by atoms with van der Waals surface area (Å²) in [5, 5.41) is 3.45. The van der Waals surface area contributed by atoms with Gasteiger partial charge in [-0.3, -0.25) is 4.79 Å². The first-order valence-electron chi connectivity index (χ1n) is 7.78. The summed E-state index contributed by atoms with van der Waals surface area (Å²) in [6, 6.07) is 18.5. The molecule has 2 heteroatoms. The van der Waals surface area contributed by atoms with Crippen molar-refractivity contribution in [3.8, 4) is 0 Å². The lowest BCUT2D eigenvalue weighted by Crippen LogP contribution is -2.26. The van der Waals surface area contributed by atoms with Crippen LogP contribution in [0.1, 0.15) is 36.8 Å². The van der Waals surface area contributed by atoms with Gasteiger partial charge in [0.25, 0.3) is 0 Å². The Morgan fingerprint density at radius 3 is 2.27 bits per heavy atom. The molecule has 0 spiro atoms. The summed E-state index contributed by atoms with van der Waals surface area (Å²) in [5.41, 5.74) is 3.42. The van der Waals surface area contributed by atoms with Crippen molar-refractivity contribution >= 4 is 11.5 Å². The van der Waals surface area contributed by atoms with Gasteiger partial charge in [0.05, 0.1) is 12.0 Å². The summed E-state index contributed by atoms with van der Waals surface area (Å²) >= 11 is 0. The van der Waals surface area contributed by atoms with Gasteiger partial charge in [0.15, 0.2) is 5.78 Å². The molecule has 3 rings (SSSR count). The standard InChI is InChI=1S/C20H21NO/c1-14(2)15-8-10-16(11-9-15)20-18(12-13-19(20)22)21-17-6-4-3-5-7-17/h3-14,18,20-21H,1-2H3/t18-,20+/m1/s1. The molecule has 112 valence electrons. The number of benzene rings is 2. The number of rotatable bonds is 4. The Kier molecular flexibility index (Phi) is 4.10. The molecular formula is C20H21NO. The fraction of sp³-hybridized carbons (Fsp3) is 0.250. The lowest BCUT2D eigenvalue weighted by Gasteiger charge is -2.21. The highest BCUT2D eigenvalue weighted by molar-refractivity contribution is 5.99. The first-order valence-corrected chi connectivity index (χ1v) is 7.78. The Balaban J connectivity index is 1.82. The molecule has 0 saturated carbocycles. The van der Waals surface area contributed by atoms with Crippen LogP contribution >= 0.6 is 0 Å². The molecule has 0 radical (unpaired) electrons. The van der Waals surface area contributed by atoms with E-state index in [9.17, 15) is 4.79 Å². The van der Waals surface area contributed by atoms with Crippen LogP contribution in [-0.2, 0) is 4.79 Å². The van der Waals surface area contributed by atoms with Gasteiger partial charge in [0.2, 0.25) is 0 Å². The molecule has 0 aliphatic heterocycles. The van der Waals surface area contributed by atoms with Gasteiger partial charge in [-0.2, -0.15) is 0 Å². The molecule has 2 aromatic rings. The molecular weight excluding hydrogens is 270 g/mol. The van der Waals surface area contributed by atoms with E-state index in [0.717, 1.165) is 11.3 Å². The number of carbonyl (C=O) groups excluding carboxylic acids is 1. The summed E-state index contributed by atoms with van der Waals surface area (Å²) in [6.45, 7) is 4.36. The smallest absolute Gasteiger partial charge is 0.165 e. The number of carbonyl (C=O) groups is 1. The topological polar surface area (TPSA) is 29.1 Å². The van der Waals surface area contributed by atoms with Crippen LogP contribution in [0.25, 0.3) is 0 Å². The second kappa shape index (κ2) is 6.18. The summed E-state index contributed by atoms with van der Waals surface area (Å²) in [7, 11) is 0. The van der Waals surface area contributed by atoms with Crippen molar-refractivity contribution in [2.45, 2.75) is 31.7 Å². The molecule has 0 saturated heterocycles. The molecule has 1 aliphatic carbocycles. The zero-order chi connectivity index (χ0) is 15.5. The molecule has 1 aliphatic rings. The van der Waals surface area contributed by atoms with Gasteiger partial charge in [0, 0.05) is 5.69 Å². The van der Waals surface area contributed by atoms with Crippen molar-refractivity contribution in [2.75, 3.05) is 5.32 Å². The highest BCUT2D eigenvalue weighted by Crippen LogP contribution is 2.30. The lowest BCUT2D eigenvalue weighted by atomic mass is 9.90. The van der Waals surface area contributed by atoms with E-state index in [4.69, 9.17) is 0 Å². The maximum atomic E-state index is 12.3. The quantitative estimate of drug-likeness (QED) is 0.897. The summed E-state index contributed by atoms with van der Waals surface area (Å²) in [6.07, 6.45) is 3.66. The predicted octanol–water partition coefficient (Wildman–Crippen LogP) is 4.51. The third-order valence-corrected chi connectivity index (χ3v) is 4.20. The van der Waals surface area contributed by atoms with Gasteiger partial charge >= 0.3 is 0 Å². The monoisotopic (exact) mass is 291 g/mol. The van der Waals surface area contributed by atoms with Crippen molar-refractivity contribution in [3.63, 3.8) is 0 Å². The van der Waals surface area contributed by atoms with Crippen molar-refractivity contribution in [1.82, 2.24) is 0 Å². The molecule has 1 N–H and O–H groups in total. The molecule has 0 fully saturated rings. The van der Waals surface area contributed by atoms with Crippen LogP contribution in [0.5, 0.6) is 0 Å². The van der Waals surface area contributed by atoms with E-state index in [1.54, 1.807) is 6.08 Å². The van der Waals surface area contributed by atoms with Crippen LogP contribution < -0.4 is 5.32 Å². The number of nitrogens with one attached hydrogen (secondary N) is 1. The number of para-hydroxylation sites is 1. The summed E-state index contributed by atoms with van der Waals surface area (Å²) in [4.78, 5) is 12.3. The van der Waals surface area contributed by atoms with Crippen molar-refractivity contribution < 1.29 is 4.79 Å². The van der Waals surface area contributed by atoms with Gasteiger partial charge in [-0.05, 0) is 35.3 Å². The Morgan fingerprint density at radius 2 is 1.64 bits per heavy atom. The highest BCUT2D eigenvalue weighted by Gasteiger charge is 2.31. The van der Waals surface area contributed by atoms with E-state index in [1.165, 1.54) is 5.56 Å². The maximum Gasteiger partial charge on any atom is 0.165 e. The van der Waals surface area contributed by atoms with Crippen molar-refractivity contribution in [1.29, 1.82) is 0 Å². The largest absolute Gasteiger partial charge is 0.378 e. The van der Waals surface area contributed by atoms with E-state index in [1.807, 2.05) is 36.4 Å². The van der Waals surface area contributed by atoms with E-state index in [-0.39, 0.29) is 17.7 Å².